The summed E-state index contributed by atoms with van der Waals surface area (Å²) in [6.45, 7) is 4.15. The molecule has 1 nitrogen and oxygen atoms in total. The molecule has 0 saturated carbocycles. The van der Waals surface area contributed by atoms with Crippen LogP contribution >= 0.6 is 22.6 Å². The van der Waals surface area contributed by atoms with E-state index in [1.165, 1.54) is 14.7 Å². The number of aryl methyl sites for hydroxylation is 2. The average Bonchev–Trinajstić information content (AvgIpc) is 1.82. The normalized spacial score (nSPS) is 9.90. The van der Waals surface area contributed by atoms with Crippen molar-refractivity contribution in [2.24, 2.45) is 0 Å². The second-order valence-corrected chi connectivity index (χ2v) is 3.55. The van der Waals surface area contributed by atoms with Gasteiger partial charge in [0.2, 0.25) is 0 Å². The molecule has 1 aromatic carbocycles. The van der Waals surface area contributed by atoms with Crippen LogP contribution in [0.15, 0.2) is 12.1 Å². The van der Waals surface area contributed by atoms with Gasteiger partial charge in [-0.3, -0.25) is 0 Å². The molecule has 0 aliphatic heterocycles. The van der Waals surface area contributed by atoms with Crippen LogP contribution in [0.1, 0.15) is 11.1 Å². The molecule has 54 valence electrons. The van der Waals surface area contributed by atoms with Crippen molar-refractivity contribution < 1.29 is 0 Å². The minimum atomic E-state index is 0.857. The summed E-state index contributed by atoms with van der Waals surface area (Å²) in [4.78, 5) is 0. The lowest BCUT2D eigenvalue weighted by molar-refractivity contribution is 1.34. The Labute approximate surface area is 74.8 Å². The Hall–Kier alpha value is -0.250. The van der Waals surface area contributed by atoms with Gasteiger partial charge in [0.1, 0.15) is 0 Å². The average molecular weight is 247 g/mol. The zero-order valence-corrected chi connectivity index (χ0v) is 8.27. The van der Waals surface area contributed by atoms with Gasteiger partial charge in [-0.05, 0) is 59.7 Å². The first-order valence-corrected chi connectivity index (χ1v) is 4.21. The SMILES string of the molecule is Cc1cc(N)cc(C)c1I. The molecule has 0 aliphatic carbocycles. The van der Waals surface area contributed by atoms with Gasteiger partial charge >= 0.3 is 0 Å². The Kier molecular flexibility index (Phi) is 2.18. The van der Waals surface area contributed by atoms with E-state index in [0.717, 1.165) is 5.69 Å². The molecule has 2 heteroatoms. The zero-order valence-electron chi connectivity index (χ0n) is 6.11. The Bertz CT molecular complexity index is 232. The molecule has 1 aromatic rings. The first-order valence-electron chi connectivity index (χ1n) is 3.13. The summed E-state index contributed by atoms with van der Waals surface area (Å²) in [5, 5.41) is 0. The smallest absolute Gasteiger partial charge is 0.0320 e. The third kappa shape index (κ3) is 1.42. The molecule has 0 saturated heterocycles. The lowest BCUT2D eigenvalue weighted by Gasteiger charge is -2.03. The largest absolute Gasteiger partial charge is 0.399 e. The van der Waals surface area contributed by atoms with Crippen LogP contribution in [0.5, 0.6) is 0 Å². The van der Waals surface area contributed by atoms with Gasteiger partial charge in [-0.15, -0.1) is 0 Å². The predicted octanol–water partition coefficient (Wildman–Crippen LogP) is 2.49. The molecule has 0 radical (unpaired) electrons. The first kappa shape index (κ1) is 7.85. The van der Waals surface area contributed by atoms with Crippen molar-refractivity contribution in [3.8, 4) is 0 Å². The van der Waals surface area contributed by atoms with Gasteiger partial charge in [-0.25, -0.2) is 0 Å². The zero-order chi connectivity index (χ0) is 7.72. The van der Waals surface area contributed by atoms with E-state index in [2.05, 4.69) is 36.4 Å². The maximum absolute atomic E-state index is 5.62. The lowest BCUT2D eigenvalue weighted by Crippen LogP contribution is -1.91. The van der Waals surface area contributed by atoms with Crippen LogP contribution in [0.3, 0.4) is 0 Å². The number of benzene rings is 1. The van der Waals surface area contributed by atoms with E-state index in [-0.39, 0.29) is 0 Å². The number of hydrogen-bond donors (Lipinski definition) is 1. The Morgan fingerprint density at radius 3 is 2.00 bits per heavy atom. The van der Waals surface area contributed by atoms with Crippen LogP contribution in [0.4, 0.5) is 5.69 Å². The minimum absolute atomic E-state index is 0.857. The molecule has 1 rings (SSSR count). The van der Waals surface area contributed by atoms with Crippen molar-refractivity contribution in [3.05, 3.63) is 26.8 Å². The first-order chi connectivity index (χ1) is 4.61. The minimum Gasteiger partial charge on any atom is -0.399 e. The van der Waals surface area contributed by atoms with E-state index in [1.807, 2.05) is 12.1 Å². The van der Waals surface area contributed by atoms with Gasteiger partial charge in [0.25, 0.3) is 0 Å². The molecule has 0 bridgehead atoms. The molecule has 0 atom stereocenters. The third-order valence-electron chi connectivity index (χ3n) is 1.46. The molecule has 0 aliphatic rings. The van der Waals surface area contributed by atoms with E-state index >= 15 is 0 Å². The highest BCUT2D eigenvalue weighted by molar-refractivity contribution is 14.1. The van der Waals surface area contributed by atoms with Crippen molar-refractivity contribution in [1.29, 1.82) is 0 Å². The second kappa shape index (κ2) is 2.78. The standard InChI is InChI=1S/C8H10IN/c1-5-3-7(10)4-6(2)8(5)9/h3-4H,10H2,1-2H3. The lowest BCUT2D eigenvalue weighted by atomic mass is 10.1. The quantitative estimate of drug-likeness (QED) is 0.553. The van der Waals surface area contributed by atoms with Crippen LogP contribution in [0.2, 0.25) is 0 Å². The number of anilines is 1. The van der Waals surface area contributed by atoms with Crippen LogP contribution in [-0.4, -0.2) is 0 Å². The summed E-state index contributed by atoms with van der Waals surface area (Å²) in [7, 11) is 0. The number of nitrogens with two attached hydrogens (primary N) is 1. The third-order valence-corrected chi connectivity index (χ3v) is 3.16. The number of hydrogen-bond acceptors (Lipinski definition) is 1. The van der Waals surface area contributed by atoms with E-state index in [4.69, 9.17) is 5.73 Å². The fourth-order valence-corrected chi connectivity index (χ4v) is 1.29. The molecular formula is C8H10IN. The van der Waals surface area contributed by atoms with Gasteiger partial charge in [-0.2, -0.15) is 0 Å². The van der Waals surface area contributed by atoms with Crippen LogP contribution in [-0.2, 0) is 0 Å². The highest BCUT2D eigenvalue weighted by Crippen LogP contribution is 2.19. The van der Waals surface area contributed by atoms with Crippen molar-refractivity contribution in [3.63, 3.8) is 0 Å². The molecule has 0 fully saturated rings. The molecule has 0 amide bonds. The number of nitrogen functional groups attached to an aromatic ring is 1. The molecule has 0 aromatic heterocycles. The van der Waals surface area contributed by atoms with Gasteiger partial charge < -0.3 is 5.73 Å². The summed E-state index contributed by atoms with van der Waals surface area (Å²) in [6.07, 6.45) is 0. The molecule has 0 spiro atoms. The highest BCUT2D eigenvalue weighted by atomic mass is 127. The summed E-state index contributed by atoms with van der Waals surface area (Å²) in [5.74, 6) is 0. The maximum Gasteiger partial charge on any atom is 0.0320 e. The van der Waals surface area contributed by atoms with Crippen LogP contribution in [0, 0.1) is 17.4 Å². The maximum atomic E-state index is 5.62. The van der Waals surface area contributed by atoms with Gasteiger partial charge in [0.15, 0.2) is 0 Å². The van der Waals surface area contributed by atoms with Crippen molar-refractivity contribution in [2.75, 3.05) is 5.73 Å². The summed E-state index contributed by atoms with van der Waals surface area (Å²) in [6, 6.07) is 3.99. The van der Waals surface area contributed by atoms with E-state index in [1.54, 1.807) is 0 Å². The predicted molar refractivity (Wildman–Crippen MR) is 53.0 cm³/mol. The Morgan fingerprint density at radius 1 is 1.20 bits per heavy atom. The van der Waals surface area contributed by atoms with Crippen LogP contribution in [0.25, 0.3) is 0 Å². The monoisotopic (exact) mass is 247 g/mol. The van der Waals surface area contributed by atoms with Crippen LogP contribution < -0.4 is 5.73 Å². The molecule has 10 heavy (non-hydrogen) atoms. The number of rotatable bonds is 0. The van der Waals surface area contributed by atoms with Gasteiger partial charge in [0.05, 0.1) is 0 Å². The Balaban J connectivity index is 3.31. The van der Waals surface area contributed by atoms with Gasteiger partial charge in [-0.1, -0.05) is 0 Å². The van der Waals surface area contributed by atoms with E-state index < -0.39 is 0 Å². The molecular weight excluding hydrogens is 237 g/mol. The topological polar surface area (TPSA) is 26.0 Å². The molecule has 0 unspecified atom stereocenters. The highest BCUT2D eigenvalue weighted by Gasteiger charge is 1.98. The fourth-order valence-electron chi connectivity index (χ4n) is 0.979. The summed E-state index contributed by atoms with van der Waals surface area (Å²) < 4.78 is 1.31. The van der Waals surface area contributed by atoms with E-state index in [0.29, 0.717) is 0 Å². The molecule has 2 N–H and O–H groups in total. The van der Waals surface area contributed by atoms with Crippen molar-refractivity contribution in [1.82, 2.24) is 0 Å². The van der Waals surface area contributed by atoms with Crippen molar-refractivity contribution in [2.45, 2.75) is 13.8 Å². The number of halogens is 1. The second-order valence-electron chi connectivity index (χ2n) is 2.47. The van der Waals surface area contributed by atoms with Crippen molar-refractivity contribution >= 4 is 28.3 Å². The Morgan fingerprint density at radius 2 is 1.60 bits per heavy atom. The van der Waals surface area contributed by atoms with Gasteiger partial charge in [0, 0.05) is 9.26 Å². The summed E-state index contributed by atoms with van der Waals surface area (Å²) >= 11 is 2.33. The van der Waals surface area contributed by atoms with E-state index in [9.17, 15) is 0 Å². The molecule has 0 heterocycles. The summed E-state index contributed by atoms with van der Waals surface area (Å²) in [5.41, 5.74) is 9.01. The fraction of sp³-hybridized carbons (Fsp3) is 0.250.